The summed E-state index contributed by atoms with van der Waals surface area (Å²) in [5.74, 6) is -3.68. The van der Waals surface area contributed by atoms with Crippen molar-refractivity contribution in [3.05, 3.63) is 59.9 Å². The lowest BCUT2D eigenvalue weighted by Gasteiger charge is -2.31. The highest BCUT2D eigenvalue weighted by Gasteiger charge is 2.42. The molecule has 1 unspecified atom stereocenters. The van der Waals surface area contributed by atoms with Gasteiger partial charge in [-0.15, -0.1) is 0 Å². The van der Waals surface area contributed by atoms with Crippen LogP contribution in [0.5, 0.6) is 5.75 Å². The molecule has 0 radical (unpaired) electrons. The normalized spacial score (nSPS) is 19.8. The number of nitrogens with zero attached hydrogens (tertiary/aromatic N) is 5. The predicted octanol–water partition coefficient (Wildman–Crippen LogP) is 4.15. The van der Waals surface area contributed by atoms with Gasteiger partial charge in [-0.3, -0.25) is 24.8 Å². The molecule has 9 nitrogen and oxygen atoms in total. The van der Waals surface area contributed by atoms with Crippen LogP contribution < -0.4 is 10.1 Å². The summed E-state index contributed by atoms with van der Waals surface area (Å²) in [7, 11) is 1.63. The van der Waals surface area contributed by atoms with Crippen molar-refractivity contribution in [1.82, 2.24) is 24.3 Å². The molecule has 206 valence electrons. The fourth-order valence-electron chi connectivity index (χ4n) is 5.42. The van der Waals surface area contributed by atoms with E-state index in [2.05, 4.69) is 21.9 Å². The summed E-state index contributed by atoms with van der Waals surface area (Å²) < 4.78 is 39.4. The van der Waals surface area contributed by atoms with Crippen molar-refractivity contribution in [3.63, 3.8) is 0 Å². The van der Waals surface area contributed by atoms with E-state index in [0.29, 0.717) is 36.3 Å². The molecule has 1 aromatic carbocycles. The van der Waals surface area contributed by atoms with Gasteiger partial charge in [0.05, 0.1) is 29.2 Å². The molecular formula is C28H32F2N6O3. The van der Waals surface area contributed by atoms with Crippen LogP contribution in [0.1, 0.15) is 46.9 Å². The molecule has 5 rings (SSSR count). The van der Waals surface area contributed by atoms with E-state index in [0.717, 1.165) is 12.8 Å². The Balaban J connectivity index is 1.70. The third-order valence-electron chi connectivity index (χ3n) is 7.26. The predicted molar refractivity (Wildman–Crippen MR) is 143 cm³/mol. The molecule has 1 saturated heterocycles. The van der Waals surface area contributed by atoms with E-state index in [1.807, 2.05) is 0 Å². The van der Waals surface area contributed by atoms with Crippen molar-refractivity contribution in [3.8, 4) is 5.75 Å². The van der Waals surface area contributed by atoms with Gasteiger partial charge in [-0.25, -0.2) is 4.98 Å². The number of imidazole rings is 1. The van der Waals surface area contributed by atoms with Crippen LogP contribution in [0.25, 0.3) is 11.0 Å². The van der Waals surface area contributed by atoms with Gasteiger partial charge in [-0.2, -0.15) is 8.78 Å². The van der Waals surface area contributed by atoms with Crippen molar-refractivity contribution >= 4 is 28.8 Å². The number of amides is 2. The Kier molecular flexibility index (Phi) is 7.35. The Bertz CT molecular complexity index is 1420. The Hall–Kier alpha value is -3.86. The highest BCUT2D eigenvalue weighted by Crippen LogP contribution is 2.44. The van der Waals surface area contributed by atoms with Crippen LogP contribution in [0.2, 0.25) is 0 Å². The van der Waals surface area contributed by atoms with E-state index in [1.165, 1.54) is 23.2 Å². The topological polar surface area (TPSA) is 92.6 Å². The van der Waals surface area contributed by atoms with Crippen molar-refractivity contribution in [1.29, 1.82) is 0 Å². The molecule has 2 aliphatic rings. The molecule has 0 aliphatic carbocycles. The number of likely N-dealkylation sites (tertiary alicyclic amines) is 1. The van der Waals surface area contributed by atoms with E-state index in [9.17, 15) is 9.59 Å². The summed E-state index contributed by atoms with van der Waals surface area (Å²) in [4.78, 5) is 37.8. The maximum atomic E-state index is 16.0. The fourth-order valence-corrected chi connectivity index (χ4v) is 5.42. The standard InChI is InChI=1S/C28H32F2N6O3/c1-4-23(37)35-12-6-5-7-20(16-35)36-25-21(32-27(36)33-26(38)19-10-11-31-18(2)15-19)8-9-22-24(25)28(29,30)17-34(3)13-14-39-22/h4,8-11,15,20H,1,5-7,12-14,16-17H2,2-3H3,(H,32,33,38). The van der Waals surface area contributed by atoms with Crippen LogP contribution in [0.4, 0.5) is 14.7 Å². The second-order valence-corrected chi connectivity index (χ2v) is 10.2. The van der Waals surface area contributed by atoms with Crippen LogP contribution in [0, 0.1) is 6.92 Å². The summed E-state index contributed by atoms with van der Waals surface area (Å²) in [6, 6.07) is 5.97. The maximum absolute atomic E-state index is 16.0. The molecule has 2 aliphatic heterocycles. The highest BCUT2D eigenvalue weighted by molar-refractivity contribution is 6.04. The average molecular weight is 539 g/mol. The van der Waals surface area contributed by atoms with Crippen LogP contribution in [0.3, 0.4) is 0 Å². The van der Waals surface area contributed by atoms with Gasteiger partial charge in [0, 0.05) is 37.1 Å². The number of halogens is 2. The number of anilines is 1. The number of nitrogens with one attached hydrogen (secondary N) is 1. The molecule has 3 aromatic rings. The number of fused-ring (bicyclic) bond motifs is 3. The van der Waals surface area contributed by atoms with E-state index in [-0.39, 0.29) is 41.8 Å². The molecule has 0 bridgehead atoms. The number of pyridine rings is 1. The lowest BCUT2D eigenvalue weighted by atomic mass is 10.0. The van der Waals surface area contributed by atoms with Crippen molar-refractivity contribution < 1.29 is 23.1 Å². The van der Waals surface area contributed by atoms with Gasteiger partial charge in [-0.1, -0.05) is 6.58 Å². The Morgan fingerprint density at radius 2 is 2.05 bits per heavy atom. The van der Waals surface area contributed by atoms with Gasteiger partial charge >= 0.3 is 0 Å². The van der Waals surface area contributed by atoms with Crippen LogP contribution in [-0.4, -0.2) is 76.0 Å². The molecule has 2 amide bonds. The number of carbonyl (C=O) groups is 2. The fraction of sp³-hybridized carbons (Fsp3) is 0.429. The molecule has 0 spiro atoms. The maximum Gasteiger partial charge on any atom is 0.291 e. The quantitative estimate of drug-likeness (QED) is 0.502. The number of aryl methyl sites for hydroxylation is 1. The molecule has 2 aromatic heterocycles. The number of hydrogen-bond acceptors (Lipinski definition) is 6. The van der Waals surface area contributed by atoms with E-state index >= 15 is 8.78 Å². The molecular weight excluding hydrogens is 506 g/mol. The van der Waals surface area contributed by atoms with E-state index in [1.54, 1.807) is 41.6 Å². The Morgan fingerprint density at radius 3 is 2.82 bits per heavy atom. The van der Waals surface area contributed by atoms with Crippen molar-refractivity contribution in [2.75, 3.05) is 45.2 Å². The molecule has 1 N–H and O–H groups in total. The third kappa shape index (κ3) is 5.36. The number of aromatic nitrogens is 3. The molecule has 1 atom stereocenters. The smallest absolute Gasteiger partial charge is 0.291 e. The lowest BCUT2D eigenvalue weighted by molar-refractivity contribution is -0.126. The number of likely N-dealkylation sites (N-methyl/N-ethyl adjacent to an activating group) is 1. The summed E-state index contributed by atoms with van der Waals surface area (Å²) in [5.41, 5.74) is 1.29. The van der Waals surface area contributed by atoms with E-state index in [4.69, 9.17) is 4.74 Å². The first-order chi connectivity index (χ1) is 18.7. The average Bonchev–Trinajstić information content (AvgIpc) is 3.06. The minimum absolute atomic E-state index is 0.0945. The summed E-state index contributed by atoms with van der Waals surface area (Å²) in [5, 5.41) is 2.86. The van der Waals surface area contributed by atoms with Gasteiger partial charge in [0.15, 0.2) is 0 Å². The first-order valence-corrected chi connectivity index (χ1v) is 13.1. The van der Waals surface area contributed by atoms with Gasteiger partial charge < -0.3 is 14.2 Å². The zero-order valence-electron chi connectivity index (χ0n) is 22.1. The van der Waals surface area contributed by atoms with Crippen molar-refractivity contribution in [2.45, 2.75) is 38.2 Å². The second-order valence-electron chi connectivity index (χ2n) is 10.2. The number of rotatable bonds is 4. The van der Waals surface area contributed by atoms with E-state index < -0.39 is 24.4 Å². The number of alkyl halides is 2. The minimum atomic E-state index is -3.26. The summed E-state index contributed by atoms with van der Waals surface area (Å²) in [6.07, 6.45) is 4.94. The zero-order valence-corrected chi connectivity index (χ0v) is 22.1. The number of benzene rings is 1. The summed E-state index contributed by atoms with van der Waals surface area (Å²) >= 11 is 0. The molecule has 1 fully saturated rings. The molecule has 11 heteroatoms. The van der Waals surface area contributed by atoms with Crippen LogP contribution in [0.15, 0.2) is 43.1 Å². The van der Waals surface area contributed by atoms with Crippen molar-refractivity contribution in [2.24, 2.45) is 0 Å². The lowest BCUT2D eigenvalue weighted by Crippen LogP contribution is -2.38. The van der Waals surface area contributed by atoms with Gasteiger partial charge in [0.2, 0.25) is 11.9 Å². The van der Waals surface area contributed by atoms with Crippen LogP contribution >= 0.6 is 0 Å². The first-order valence-electron chi connectivity index (χ1n) is 13.1. The molecule has 4 heterocycles. The SMILES string of the molecule is C=CC(=O)N1CCCCC(n2c(NC(=O)c3ccnc(C)c3)nc3ccc4c(c32)C(F)(F)CN(C)CCO4)C1. The summed E-state index contributed by atoms with van der Waals surface area (Å²) in [6.45, 7) is 6.32. The number of ether oxygens (including phenoxy) is 1. The Labute approximate surface area is 225 Å². The number of hydrogen-bond donors (Lipinski definition) is 1. The monoisotopic (exact) mass is 538 g/mol. The highest BCUT2D eigenvalue weighted by atomic mass is 19.3. The minimum Gasteiger partial charge on any atom is -0.492 e. The largest absolute Gasteiger partial charge is 0.492 e. The Morgan fingerprint density at radius 1 is 1.23 bits per heavy atom. The van der Waals surface area contributed by atoms with Gasteiger partial charge in [-0.05, 0) is 63.6 Å². The first kappa shape index (κ1) is 26.7. The number of carbonyl (C=O) groups excluding carboxylic acids is 2. The molecule has 0 saturated carbocycles. The third-order valence-corrected chi connectivity index (χ3v) is 7.26. The molecule has 39 heavy (non-hydrogen) atoms. The van der Waals surface area contributed by atoms with Crippen LogP contribution in [-0.2, 0) is 10.7 Å². The zero-order chi connectivity index (χ0) is 27.7. The van der Waals surface area contributed by atoms with Gasteiger partial charge in [0.1, 0.15) is 12.4 Å². The van der Waals surface area contributed by atoms with Gasteiger partial charge in [0.25, 0.3) is 11.8 Å². The second kappa shape index (κ2) is 10.7.